The number of carbonyl (C=O) groups is 1. The Morgan fingerprint density at radius 2 is 1.88 bits per heavy atom. The zero-order valence-corrected chi connectivity index (χ0v) is 14.5. The Balaban J connectivity index is 1.84. The van der Waals surface area contributed by atoms with Gasteiger partial charge in [0, 0.05) is 30.1 Å². The maximum atomic E-state index is 11.9. The van der Waals surface area contributed by atoms with Crippen molar-refractivity contribution in [2.75, 3.05) is 18.0 Å². The summed E-state index contributed by atoms with van der Waals surface area (Å²) in [6.45, 7) is 5.54. The van der Waals surface area contributed by atoms with Crippen molar-refractivity contribution < 1.29 is 14.6 Å². The molecular formula is C20H22N2O3. The van der Waals surface area contributed by atoms with E-state index >= 15 is 0 Å². The number of pyridine rings is 1. The molecule has 25 heavy (non-hydrogen) atoms. The Bertz CT molecular complexity index is 825. The van der Waals surface area contributed by atoms with Gasteiger partial charge in [-0.1, -0.05) is 18.2 Å². The summed E-state index contributed by atoms with van der Waals surface area (Å²) in [5, 5.41) is 9.80. The molecule has 0 radical (unpaired) electrons. The van der Waals surface area contributed by atoms with Gasteiger partial charge in [-0.25, -0.2) is 0 Å². The van der Waals surface area contributed by atoms with Crippen LogP contribution >= 0.6 is 0 Å². The molecule has 3 heterocycles. The number of hydrogen-bond donors (Lipinski definition) is 1. The van der Waals surface area contributed by atoms with Gasteiger partial charge >= 0.3 is 5.97 Å². The van der Waals surface area contributed by atoms with Crippen LogP contribution in [-0.4, -0.2) is 29.1 Å². The number of aliphatic carboxylic acids is 1. The lowest BCUT2D eigenvalue weighted by atomic mass is 9.70. The predicted molar refractivity (Wildman–Crippen MR) is 95.5 cm³/mol. The number of nitrogens with zero attached hydrogens (tertiary/aromatic N) is 2. The van der Waals surface area contributed by atoms with E-state index < -0.39 is 11.4 Å². The SMILES string of the molecule is CC(C)(C(=O)O)[C@H]1c2ccccc2Oc2nc(N3CCCC3)ccc21. The average Bonchev–Trinajstić information content (AvgIpc) is 3.13. The third-order valence-electron chi connectivity index (χ3n) is 5.33. The highest BCUT2D eigenvalue weighted by molar-refractivity contribution is 5.77. The Labute approximate surface area is 147 Å². The molecule has 1 atom stereocenters. The number of fused-ring (bicyclic) bond motifs is 2. The van der Waals surface area contributed by atoms with Crippen LogP contribution in [0, 0.1) is 5.41 Å². The fourth-order valence-electron chi connectivity index (χ4n) is 3.85. The van der Waals surface area contributed by atoms with E-state index in [-0.39, 0.29) is 5.92 Å². The molecule has 5 heteroatoms. The normalized spacial score (nSPS) is 19.1. The maximum absolute atomic E-state index is 11.9. The molecule has 1 fully saturated rings. The quantitative estimate of drug-likeness (QED) is 0.915. The minimum absolute atomic E-state index is 0.301. The molecule has 2 aliphatic heterocycles. The number of hydrogen-bond acceptors (Lipinski definition) is 4. The zero-order valence-electron chi connectivity index (χ0n) is 14.5. The molecule has 0 unspecified atom stereocenters. The molecule has 1 aromatic heterocycles. The molecule has 1 saturated heterocycles. The van der Waals surface area contributed by atoms with Gasteiger partial charge in [-0.2, -0.15) is 4.98 Å². The number of benzene rings is 1. The lowest BCUT2D eigenvalue weighted by Crippen LogP contribution is -2.34. The van der Waals surface area contributed by atoms with Crippen molar-refractivity contribution in [3.8, 4) is 11.6 Å². The van der Waals surface area contributed by atoms with Crippen molar-refractivity contribution in [1.82, 2.24) is 4.98 Å². The lowest BCUT2D eigenvalue weighted by Gasteiger charge is -2.36. The van der Waals surface area contributed by atoms with E-state index in [0.29, 0.717) is 11.6 Å². The highest BCUT2D eigenvalue weighted by Gasteiger charge is 2.44. The standard InChI is InChI=1S/C20H22N2O3/c1-20(2,19(23)24)17-13-7-3-4-8-15(13)25-18-14(17)9-10-16(21-18)22-11-5-6-12-22/h3-4,7-10,17H,5-6,11-12H2,1-2H3,(H,23,24)/t17-/m0/s1. The van der Waals surface area contributed by atoms with Crippen LogP contribution in [0.3, 0.4) is 0 Å². The zero-order chi connectivity index (χ0) is 17.6. The molecule has 4 rings (SSSR count). The molecule has 0 amide bonds. The molecule has 0 saturated carbocycles. The molecule has 1 N–H and O–H groups in total. The van der Waals surface area contributed by atoms with Gasteiger partial charge in [0.25, 0.3) is 0 Å². The fraction of sp³-hybridized carbons (Fsp3) is 0.400. The summed E-state index contributed by atoms with van der Waals surface area (Å²) in [6, 6.07) is 11.6. The second-order valence-electron chi connectivity index (χ2n) is 7.36. The number of anilines is 1. The summed E-state index contributed by atoms with van der Waals surface area (Å²) < 4.78 is 6.05. The van der Waals surface area contributed by atoms with E-state index in [9.17, 15) is 9.90 Å². The summed E-state index contributed by atoms with van der Waals surface area (Å²) in [6.07, 6.45) is 2.36. The van der Waals surface area contributed by atoms with Crippen LogP contribution in [0.2, 0.25) is 0 Å². The summed E-state index contributed by atoms with van der Waals surface area (Å²) >= 11 is 0. The van der Waals surface area contributed by atoms with Gasteiger partial charge in [0.15, 0.2) is 0 Å². The molecule has 130 valence electrons. The van der Waals surface area contributed by atoms with E-state index in [1.807, 2.05) is 36.4 Å². The largest absolute Gasteiger partial charge is 0.481 e. The van der Waals surface area contributed by atoms with Gasteiger partial charge in [-0.05, 0) is 44.9 Å². The van der Waals surface area contributed by atoms with Crippen LogP contribution in [-0.2, 0) is 4.79 Å². The summed E-state index contributed by atoms with van der Waals surface area (Å²) in [5.41, 5.74) is 0.776. The first-order valence-corrected chi connectivity index (χ1v) is 8.74. The molecule has 0 bridgehead atoms. The van der Waals surface area contributed by atoms with Crippen molar-refractivity contribution in [2.45, 2.75) is 32.6 Å². The third kappa shape index (κ3) is 2.54. The highest BCUT2D eigenvalue weighted by atomic mass is 16.5. The second kappa shape index (κ2) is 5.76. The summed E-state index contributed by atoms with van der Waals surface area (Å²) in [4.78, 5) is 18.9. The first-order chi connectivity index (χ1) is 12.0. The van der Waals surface area contributed by atoms with Crippen LogP contribution in [0.4, 0.5) is 5.82 Å². The molecule has 2 aliphatic rings. The van der Waals surface area contributed by atoms with Crippen molar-refractivity contribution in [3.63, 3.8) is 0 Å². The predicted octanol–water partition coefficient (Wildman–Crippen LogP) is 4.03. The number of aromatic nitrogens is 1. The van der Waals surface area contributed by atoms with Gasteiger partial charge in [0.2, 0.25) is 5.88 Å². The lowest BCUT2D eigenvalue weighted by molar-refractivity contribution is -0.147. The molecule has 0 spiro atoms. The molecular weight excluding hydrogens is 316 g/mol. The van der Waals surface area contributed by atoms with Crippen LogP contribution in [0.5, 0.6) is 11.6 Å². The van der Waals surface area contributed by atoms with E-state index in [1.165, 1.54) is 12.8 Å². The topological polar surface area (TPSA) is 62.7 Å². The summed E-state index contributed by atoms with van der Waals surface area (Å²) in [5.74, 6) is 0.999. The molecule has 1 aromatic carbocycles. The molecule has 0 aliphatic carbocycles. The van der Waals surface area contributed by atoms with Gasteiger partial charge in [-0.15, -0.1) is 0 Å². The summed E-state index contributed by atoms with van der Waals surface area (Å²) in [7, 11) is 0. The fourth-order valence-corrected chi connectivity index (χ4v) is 3.85. The minimum atomic E-state index is -0.967. The van der Waals surface area contributed by atoms with Crippen molar-refractivity contribution in [1.29, 1.82) is 0 Å². The van der Waals surface area contributed by atoms with Crippen LogP contribution in [0.1, 0.15) is 43.7 Å². The Morgan fingerprint density at radius 3 is 2.60 bits per heavy atom. The second-order valence-corrected chi connectivity index (χ2v) is 7.36. The van der Waals surface area contributed by atoms with Gasteiger partial charge in [0.05, 0.1) is 5.41 Å². The van der Waals surface area contributed by atoms with E-state index in [4.69, 9.17) is 9.72 Å². The minimum Gasteiger partial charge on any atom is -0.481 e. The molecule has 5 nitrogen and oxygen atoms in total. The first kappa shape index (κ1) is 15.9. The maximum Gasteiger partial charge on any atom is 0.310 e. The van der Waals surface area contributed by atoms with Crippen LogP contribution in [0.25, 0.3) is 0 Å². The first-order valence-electron chi connectivity index (χ1n) is 8.74. The van der Waals surface area contributed by atoms with Gasteiger partial charge < -0.3 is 14.7 Å². The van der Waals surface area contributed by atoms with Gasteiger partial charge in [-0.3, -0.25) is 4.79 Å². The van der Waals surface area contributed by atoms with Crippen molar-refractivity contribution in [3.05, 3.63) is 47.5 Å². The third-order valence-corrected chi connectivity index (χ3v) is 5.33. The van der Waals surface area contributed by atoms with Crippen molar-refractivity contribution in [2.24, 2.45) is 5.41 Å². The number of carboxylic acid groups (broad SMARTS) is 1. The van der Waals surface area contributed by atoms with Crippen LogP contribution < -0.4 is 9.64 Å². The van der Waals surface area contributed by atoms with E-state index in [2.05, 4.69) is 4.90 Å². The number of para-hydroxylation sites is 1. The van der Waals surface area contributed by atoms with Crippen molar-refractivity contribution >= 4 is 11.8 Å². The highest BCUT2D eigenvalue weighted by Crippen LogP contribution is 2.51. The number of carboxylic acids is 1. The average molecular weight is 338 g/mol. The number of rotatable bonds is 3. The van der Waals surface area contributed by atoms with E-state index in [1.54, 1.807) is 13.8 Å². The van der Waals surface area contributed by atoms with E-state index in [0.717, 1.165) is 30.0 Å². The monoisotopic (exact) mass is 338 g/mol. The molecule has 2 aromatic rings. The Kier molecular flexibility index (Phi) is 3.67. The number of ether oxygens (including phenoxy) is 1. The Hall–Kier alpha value is -2.56. The van der Waals surface area contributed by atoms with Crippen LogP contribution in [0.15, 0.2) is 36.4 Å². The van der Waals surface area contributed by atoms with Gasteiger partial charge in [0.1, 0.15) is 11.6 Å². The Morgan fingerprint density at radius 1 is 1.16 bits per heavy atom. The smallest absolute Gasteiger partial charge is 0.310 e.